The number of rotatable bonds is 15. The Kier molecular flexibility index (Phi) is 12.2. The van der Waals surface area contributed by atoms with Crippen molar-refractivity contribution in [3.05, 3.63) is 71.7 Å². The predicted molar refractivity (Wildman–Crippen MR) is 184 cm³/mol. The van der Waals surface area contributed by atoms with E-state index in [1.54, 1.807) is 7.05 Å². The molecule has 1 saturated heterocycles. The van der Waals surface area contributed by atoms with E-state index in [4.69, 9.17) is 30.9 Å². The van der Waals surface area contributed by atoms with Gasteiger partial charge in [-0.05, 0) is 73.9 Å². The van der Waals surface area contributed by atoms with Crippen molar-refractivity contribution in [2.24, 2.45) is 11.7 Å². The maximum absolute atomic E-state index is 13.4. The summed E-state index contributed by atoms with van der Waals surface area (Å²) in [6.45, 7) is 4.50. The molecule has 2 amide bonds. The molecule has 0 bridgehead atoms. The van der Waals surface area contributed by atoms with Gasteiger partial charge in [0.15, 0.2) is 0 Å². The molecular weight excluding hydrogens is 594 g/mol. The second-order valence-corrected chi connectivity index (χ2v) is 12.5. The van der Waals surface area contributed by atoms with Gasteiger partial charge >= 0.3 is 0 Å². The molecule has 252 valence electrons. The van der Waals surface area contributed by atoms with Gasteiger partial charge in [-0.15, -0.1) is 0 Å². The van der Waals surface area contributed by atoms with Gasteiger partial charge in [0.05, 0.1) is 31.6 Å². The van der Waals surface area contributed by atoms with Crippen LogP contribution < -0.4 is 27.0 Å². The number of hydrogen-bond acceptors (Lipinski definition) is 9. The van der Waals surface area contributed by atoms with Gasteiger partial charge in [-0.1, -0.05) is 37.1 Å². The highest BCUT2D eigenvalue weighted by atomic mass is 16.5. The SMILES string of the molecule is CNC(=O)[C@@H]1C[C@@H]2CCCC[C@@H]2N1c1cc(C(C)NC(=O)c2ccc(-c3ccc(N)cc3)cc2)nc(CCCOCCOCCN)n1. The Morgan fingerprint density at radius 2 is 1.64 bits per heavy atom. The number of likely N-dealkylation sites (N-methyl/N-ethyl adjacent to an activating group) is 1. The maximum atomic E-state index is 13.4. The molecule has 2 heterocycles. The van der Waals surface area contributed by atoms with Gasteiger partial charge in [-0.3, -0.25) is 9.59 Å². The van der Waals surface area contributed by atoms with E-state index in [2.05, 4.69) is 15.5 Å². The number of ether oxygens (including phenoxy) is 2. The number of amides is 2. The number of aromatic nitrogens is 2. The Morgan fingerprint density at radius 3 is 2.34 bits per heavy atom. The number of hydrogen-bond donors (Lipinski definition) is 4. The van der Waals surface area contributed by atoms with Gasteiger partial charge in [0, 0.05) is 50.0 Å². The number of anilines is 2. The van der Waals surface area contributed by atoms with Crippen molar-refractivity contribution in [3.63, 3.8) is 0 Å². The molecule has 1 aliphatic carbocycles. The highest BCUT2D eigenvalue weighted by Crippen LogP contribution is 2.42. The number of fused-ring (bicyclic) bond motifs is 1. The minimum atomic E-state index is -0.390. The summed E-state index contributed by atoms with van der Waals surface area (Å²) in [7, 11) is 1.69. The van der Waals surface area contributed by atoms with E-state index < -0.39 is 0 Å². The Morgan fingerprint density at radius 1 is 0.957 bits per heavy atom. The quantitative estimate of drug-likeness (QED) is 0.142. The lowest BCUT2D eigenvalue weighted by Crippen LogP contribution is -2.46. The standard InChI is InChI=1S/C36H49N7O4/c1-24(40-35(44)27-11-9-25(10-12-27)26-13-15-29(38)16-14-26)30-23-34(42-33(41-30)8-5-18-46-20-21-47-19-17-37)43-31-7-4-3-6-28(31)22-32(43)36(45)39-2/h9-16,23-24,28,31-32H,3-8,17-22,37-38H2,1-2H3,(H,39,45)(H,40,44)/t24?,28-,31-,32-/m0/s1. The average Bonchev–Trinajstić information content (AvgIpc) is 3.49. The van der Waals surface area contributed by atoms with E-state index in [9.17, 15) is 9.59 Å². The summed E-state index contributed by atoms with van der Waals surface area (Å²) in [5.41, 5.74) is 15.3. The largest absolute Gasteiger partial charge is 0.399 e. The summed E-state index contributed by atoms with van der Waals surface area (Å²) < 4.78 is 11.1. The Balaban J connectivity index is 1.33. The minimum absolute atomic E-state index is 0.00938. The highest BCUT2D eigenvalue weighted by Gasteiger charge is 2.45. The number of aryl methyl sites for hydroxylation is 1. The monoisotopic (exact) mass is 643 g/mol. The molecular formula is C36H49N7O4. The molecule has 0 spiro atoms. The first-order valence-corrected chi connectivity index (χ1v) is 16.9. The van der Waals surface area contributed by atoms with Crippen LogP contribution in [-0.2, 0) is 20.7 Å². The van der Waals surface area contributed by atoms with Gasteiger partial charge in [0.2, 0.25) is 5.91 Å². The molecule has 0 radical (unpaired) electrons. The lowest BCUT2D eigenvalue weighted by molar-refractivity contribution is -0.121. The van der Waals surface area contributed by atoms with Crippen LogP contribution in [0.25, 0.3) is 11.1 Å². The molecule has 1 unspecified atom stereocenters. The van der Waals surface area contributed by atoms with Crippen LogP contribution in [0, 0.1) is 5.92 Å². The zero-order valence-electron chi connectivity index (χ0n) is 27.6. The number of nitrogen functional groups attached to an aromatic ring is 1. The number of benzene rings is 2. The van der Waals surface area contributed by atoms with Crippen LogP contribution in [0.5, 0.6) is 0 Å². The van der Waals surface area contributed by atoms with Gasteiger partial charge in [-0.2, -0.15) is 0 Å². The van der Waals surface area contributed by atoms with Gasteiger partial charge in [0.25, 0.3) is 5.91 Å². The topological polar surface area (TPSA) is 158 Å². The molecule has 1 saturated carbocycles. The molecule has 11 heteroatoms. The summed E-state index contributed by atoms with van der Waals surface area (Å²) in [5.74, 6) is 1.69. The van der Waals surface area contributed by atoms with Crippen LogP contribution in [0.4, 0.5) is 11.5 Å². The van der Waals surface area contributed by atoms with Crippen molar-refractivity contribution in [1.82, 2.24) is 20.6 Å². The van der Waals surface area contributed by atoms with E-state index in [0.717, 1.165) is 49.0 Å². The molecule has 2 aliphatic rings. The van der Waals surface area contributed by atoms with Crippen molar-refractivity contribution in [3.8, 4) is 11.1 Å². The van der Waals surface area contributed by atoms with E-state index in [-0.39, 0.29) is 29.9 Å². The van der Waals surface area contributed by atoms with E-state index in [0.29, 0.717) is 68.1 Å². The number of nitrogens with two attached hydrogens (primary N) is 2. The minimum Gasteiger partial charge on any atom is -0.399 e. The third-order valence-electron chi connectivity index (χ3n) is 9.19. The van der Waals surface area contributed by atoms with Crippen LogP contribution in [0.1, 0.15) is 73.4 Å². The Hall–Kier alpha value is -4.06. The smallest absolute Gasteiger partial charge is 0.251 e. The number of carbonyl (C=O) groups is 2. The Bertz CT molecular complexity index is 1470. The van der Waals surface area contributed by atoms with E-state index in [1.807, 2.05) is 61.5 Å². The molecule has 4 atom stereocenters. The lowest BCUT2D eigenvalue weighted by Gasteiger charge is -2.35. The van der Waals surface area contributed by atoms with Crippen molar-refractivity contribution < 1.29 is 19.1 Å². The third kappa shape index (κ3) is 8.85. The zero-order chi connectivity index (χ0) is 33.2. The van der Waals surface area contributed by atoms with Crippen LogP contribution in [0.3, 0.4) is 0 Å². The van der Waals surface area contributed by atoms with Crippen LogP contribution in [0.2, 0.25) is 0 Å². The second-order valence-electron chi connectivity index (χ2n) is 12.5. The molecule has 6 N–H and O–H groups in total. The van der Waals surface area contributed by atoms with Crippen LogP contribution >= 0.6 is 0 Å². The number of nitrogens with zero attached hydrogens (tertiary/aromatic N) is 3. The fraction of sp³-hybridized carbons (Fsp3) is 0.500. The van der Waals surface area contributed by atoms with E-state index in [1.165, 1.54) is 6.42 Å². The maximum Gasteiger partial charge on any atom is 0.251 e. The second kappa shape index (κ2) is 16.7. The van der Waals surface area contributed by atoms with Crippen molar-refractivity contribution in [2.45, 2.75) is 70.0 Å². The molecule has 47 heavy (non-hydrogen) atoms. The summed E-state index contributed by atoms with van der Waals surface area (Å²) in [4.78, 5) is 38.7. The normalized spacial score (nSPS) is 19.6. The first kappa shape index (κ1) is 34.3. The number of nitrogens with one attached hydrogen (secondary N) is 2. The molecule has 1 aromatic heterocycles. The third-order valence-corrected chi connectivity index (χ3v) is 9.19. The van der Waals surface area contributed by atoms with Crippen molar-refractivity contribution in [2.75, 3.05) is 50.7 Å². The fourth-order valence-corrected chi connectivity index (χ4v) is 6.74. The predicted octanol–water partition coefficient (Wildman–Crippen LogP) is 4.02. The summed E-state index contributed by atoms with van der Waals surface area (Å²) in [6.07, 6.45) is 6.63. The average molecular weight is 644 g/mol. The summed E-state index contributed by atoms with van der Waals surface area (Å²) >= 11 is 0. The molecule has 2 fully saturated rings. The molecule has 5 rings (SSSR count). The molecule has 1 aliphatic heterocycles. The first-order valence-electron chi connectivity index (χ1n) is 16.9. The first-order chi connectivity index (χ1) is 22.9. The van der Waals surface area contributed by atoms with Crippen LogP contribution in [0.15, 0.2) is 54.6 Å². The van der Waals surface area contributed by atoms with E-state index >= 15 is 0 Å². The molecule has 3 aromatic rings. The van der Waals surface area contributed by atoms with Crippen LogP contribution in [-0.4, -0.2) is 73.9 Å². The fourth-order valence-electron chi connectivity index (χ4n) is 6.74. The Labute approximate surface area is 277 Å². The zero-order valence-corrected chi connectivity index (χ0v) is 27.6. The van der Waals surface area contributed by atoms with Gasteiger partial charge in [-0.25, -0.2) is 9.97 Å². The summed E-state index contributed by atoms with van der Waals surface area (Å²) in [5, 5.41) is 6.01. The van der Waals surface area contributed by atoms with Gasteiger partial charge < -0.3 is 36.5 Å². The molecule has 11 nitrogen and oxygen atoms in total. The molecule has 2 aromatic carbocycles. The lowest BCUT2D eigenvalue weighted by atomic mass is 9.84. The van der Waals surface area contributed by atoms with Crippen molar-refractivity contribution in [1.29, 1.82) is 0 Å². The highest BCUT2D eigenvalue weighted by molar-refractivity contribution is 5.95. The summed E-state index contributed by atoms with van der Waals surface area (Å²) in [6, 6.07) is 16.7. The number of carbonyl (C=O) groups excluding carboxylic acids is 2. The van der Waals surface area contributed by atoms with Crippen molar-refractivity contribution >= 4 is 23.3 Å². The van der Waals surface area contributed by atoms with Gasteiger partial charge in [0.1, 0.15) is 17.7 Å².